The van der Waals surface area contributed by atoms with Gasteiger partial charge in [-0.2, -0.15) is 5.10 Å². The minimum Gasteiger partial charge on any atom is -0.478 e. The van der Waals surface area contributed by atoms with Crippen molar-refractivity contribution in [2.45, 2.75) is 0 Å². The van der Waals surface area contributed by atoms with E-state index in [1.54, 1.807) is 18.2 Å². The molecule has 0 aliphatic heterocycles. The van der Waals surface area contributed by atoms with Crippen LogP contribution in [0.15, 0.2) is 30.5 Å². The maximum Gasteiger partial charge on any atom is 0.362 e. The summed E-state index contributed by atoms with van der Waals surface area (Å²) in [6.07, 6.45) is 1.03. The molecule has 0 bridgehead atoms. The van der Waals surface area contributed by atoms with E-state index in [4.69, 9.17) is 21.4 Å². The number of carbonyl (C=O) groups excluding carboxylic acids is 1. The molecule has 2 aromatic rings. The van der Waals surface area contributed by atoms with Crippen molar-refractivity contribution in [2.75, 3.05) is 0 Å². The number of nitrogens with one attached hydrogen (secondary N) is 1. The van der Waals surface area contributed by atoms with Gasteiger partial charge in [-0.3, -0.25) is 5.10 Å². The lowest BCUT2D eigenvalue weighted by Gasteiger charge is -2.04. The van der Waals surface area contributed by atoms with E-state index in [0.29, 0.717) is 0 Å². The first-order chi connectivity index (χ1) is 8.59. The highest BCUT2D eigenvalue weighted by Crippen LogP contribution is 2.24. The topological polar surface area (TPSA) is 92.3 Å². The number of nitrogens with zero attached hydrogens (tertiary/aromatic N) is 1. The Bertz CT molecular complexity index is 609. The molecule has 6 nitrogen and oxygen atoms in total. The summed E-state index contributed by atoms with van der Waals surface area (Å²) in [5, 5.41) is 14.8. The van der Waals surface area contributed by atoms with E-state index in [-0.39, 0.29) is 22.0 Å². The molecule has 0 aliphatic carbocycles. The number of hydrogen-bond acceptors (Lipinski definition) is 4. The number of hydrogen-bond donors (Lipinski definition) is 2. The van der Waals surface area contributed by atoms with Crippen LogP contribution in [0.5, 0.6) is 5.75 Å². The van der Waals surface area contributed by atoms with Crippen molar-refractivity contribution in [3.8, 4) is 5.75 Å². The van der Waals surface area contributed by atoms with E-state index in [1.807, 2.05) is 0 Å². The quantitative estimate of drug-likeness (QED) is 0.654. The molecule has 7 heteroatoms. The molecule has 0 radical (unpaired) electrons. The number of halogens is 1. The van der Waals surface area contributed by atoms with E-state index in [0.717, 1.165) is 6.20 Å². The summed E-state index contributed by atoms with van der Waals surface area (Å²) in [6.45, 7) is 0. The Kier molecular flexibility index (Phi) is 3.29. The molecule has 0 unspecified atom stereocenters. The highest BCUT2D eigenvalue weighted by Gasteiger charge is 2.21. The number of aromatic nitrogens is 2. The van der Waals surface area contributed by atoms with Crippen LogP contribution >= 0.6 is 11.6 Å². The standard InChI is InChI=1S/C11H7ClN2O4/c12-7-3-1-2-4-8(7)18-11(17)9-6(10(15)16)5-13-14-9/h1-5H,(H,13,14)(H,15,16). The molecule has 18 heavy (non-hydrogen) atoms. The maximum absolute atomic E-state index is 11.7. The number of aromatic amines is 1. The van der Waals surface area contributed by atoms with Gasteiger partial charge >= 0.3 is 11.9 Å². The average Bonchev–Trinajstić information content (AvgIpc) is 2.81. The summed E-state index contributed by atoms with van der Waals surface area (Å²) < 4.78 is 4.97. The monoisotopic (exact) mass is 266 g/mol. The summed E-state index contributed by atoms with van der Waals surface area (Å²) in [7, 11) is 0. The molecule has 92 valence electrons. The van der Waals surface area contributed by atoms with Gasteiger partial charge < -0.3 is 9.84 Å². The first-order valence-electron chi connectivity index (χ1n) is 4.83. The van der Waals surface area contributed by atoms with E-state index >= 15 is 0 Å². The lowest BCUT2D eigenvalue weighted by Crippen LogP contribution is -2.13. The highest BCUT2D eigenvalue weighted by atomic mass is 35.5. The van der Waals surface area contributed by atoms with Gasteiger partial charge in [0.25, 0.3) is 0 Å². The van der Waals surface area contributed by atoms with Gasteiger partial charge in [-0.25, -0.2) is 9.59 Å². The zero-order valence-electron chi connectivity index (χ0n) is 8.88. The first-order valence-corrected chi connectivity index (χ1v) is 5.20. The van der Waals surface area contributed by atoms with E-state index in [1.165, 1.54) is 6.07 Å². The van der Waals surface area contributed by atoms with E-state index < -0.39 is 11.9 Å². The van der Waals surface area contributed by atoms with Crippen molar-refractivity contribution in [1.82, 2.24) is 10.2 Å². The van der Waals surface area contributed by atoms with Crippen LogP contribution in [-0.4, -0.2) is 27.2 Å². The van der Waals surface area contributed by atoms with Gasteiger partial charge in [0.05, 0.1) is 11.2 Å². The molecule has 0 saturated heterocycles. The predicted molar refractivity (Wildman–Crippen MR) is 62.0 cm³/mol. The third kappa shape index (κ3) is 2.33. The Labute approximate surface area is 106 Å². The fourth-order valence-corrected chi connectivity index (χ4v) is 1.46. The van der Waals surface area contributed by atoms with Gasteiger partial charge in [0.1, 0.15) is 11.3 Å². The van der Waals surface area contributed by atoms with Crippen molar-refractivity contribution in [3.05, 3.63) is 46.7 Å². The van der Waals surface area contributed by atoms with Crippen molar-refractivity contribution < 1.29 is 19.4 Å². The third-order valence-electron chi connectivity index (χ3n) is 2.11. The zero-order chi connectivity index (χ0) is 13.1. The molecule has 1 aromatic carbocycles. The van der Waals surface area contributed by atoms with Crippen LogP contribution < -0.4 is 4.74 Å². The van der Waals surface area contributed by atoms with Gasteiger partial charge in [-0.05, 0) is 12.1 Å². The van der Waals surface area contributed by atoms with Crippen molar-refractivity contribution >= 4 is 23.5 Å². The van der Waals surface area contributed by atoms with Crippen molar-refractivity contribution in [2.24, 2.45) is 0 Å². The Morgan fingerprint density at radius 2 is 2.06 bits per heavy atom. The Morgan fingerprint density at radius 3 is 2.72 bits per heavy atom. The number of carbonyl (C=O) groups is 2. The summed E-state index contributed by atoms with van der Waals surface area (Å²) in [5.41, 5.74) is -0.491. The second kappa shape index (κ2) is 4.89. The minimum absolute atomic E-state index is 0.148. The molecular weight excluding hydrogens is 260 g/mol. The number of para-hydroxylation sites is 1. The largest absolute Gasteiger partial charge is 0.478 e. The SMILES string of the molecule is O=C(O)c1cn[nH]c1C(=O)Oc1ccccc1Cl. The molecule has 0 aliphatic rings. The minimum atomic E-state index is -1.27. The van der Waals surface area contributed by atoms with Crippen LogP contribution in [0.2, 0.25) is 5.02 Å². The molecule has 1 heterocycles. The van der Waals surface area contributed by atoms with Crippen LogP contribution in [0, 0.1) is 0 Å². The molecule has 1 aromatic heterocycles. The summed E-state index contributed by atoms with van der Waals surface area (Å²) in [6, 6.07) is 6.37. The first kappa shape index (κ1) is 12.1. The fourth-order valence-electron chi connectivity index (χ4n) is 1.28. The van der Waals surface area contributed by atoms with E-state index in [9.17, 15) is 9.59 Å². The molecule has 0 saturated carbocycles. The van der Waals surface area contributed by atoms with Crippen molar-refractivity contribution in [3.63, 3.8) is 0 Å². The number of esters is 1. The molecule has 0 fully saturated rings. The number of benzene rings is 1. The Morgan fingerprint density at radius 1 is 1.33 bits per heavy atom. The van der Waals surface area contributed by atoms with Gasteiger partial charge in [-0.1, -0.05) is 23.7 Å². The summed E-state index contributed by atoms with van der Waals surface area (Å²) >= 11 is 5.81. The normalized spacial score (nSPS) is 10.1. The fraction of sp³-hybridized carbons (Fsp3) is 0. The molecule has 0 spiro atoms. The zero-order valence-corrected chi connectivity index (χ0v) is 9.64. The number of carboxylic acid groups (broad SMARTS) is 1. The van der Waals surface area contributed by atoms with Crippen LogP contribution in [0.25, 0.3) is 0 Å². The predicted octanol–water partition coefficient (Wildman–Crippen LogP) is 1.98. The Balaban J connectivity index is 2.25. The molecular formula is C11H7ClN2O4. The van der Waals surface area contributed by atoms with Crippen LogP contribution in [0.1, 0.15) is 20.8 Å². The molecule has 0 amide bonds. The highest BCUT2D eigenvalue weighted by molar-refractivity contribution is 6.32. The lowest BCUT2D eigenvalue weighted by molar-refractivity contribution is 0.0666. The summed E-state index contributed by atoms with van der Waals surface area (Å²) in [4.78, 5) is 22.6. The van der Waals surface area contributed by atoms with Crippen LogP contribution in [0.4, 0.5) is 0 Å². The lowest BCUT2D eigenvalue weighted by atomic mass is 10.2. The second-order valence-electron chi connectivity index (χ2n) is 3.28. The number of rotatable bonds is 3. The van der Waals surface area contributed by atoms with Crippen molar-refractivity contribution in [1.29, 1.82) is 0 Å². The molecule has 2 N–H and O–H groups in total. The van der Waals surface area contributed by atoms with Gasteiger partial charge in [0.2, 0.25) is 0 Å². The average molecular weight is 267 g/mol. The molecule has 0 atom stereocenters. The van der Waals surface area contributed by atoms with Gasteiger partial charge in [0, 0.05) is 0 Å². The van der Waals surface area contributed by atoms with Gasteiger partial charge in [-0.15, -0.1) is 0 Å². The van der Waals surface area contributed by atoms with Crippen LogP contribution in [0.3, 0.4) is 0 Å². The Hall–Kier alpha value is -2.34. The van der Waals surface area contributed by atoms with Gasteiger partial charge in [0.15, 0.2) is 5.69 Å². The number of carboxylic acids is 1. The number of H-pyrrole nitrogens is 1. The summed E-state index contributed by atoms with van der Waals surface area (Å²) in [5.74, 6) is -1.98. The molecule has 2 rings (SSSR count). The smallest absolute Gasteiger partial charge is 0.362 e. The number of aromatic carboxylic acids is 1. The van der Waals surface area contributed by atoms with Crippen LogP contribution in [-0.2, 0) is 0 Å². The third-order valence-corrected chi connectivity index (χ3v) is 2.43. The second-order valence-corrected chi connectivity index (χ2v) is 3.69. The maximum atomic E-state index is 11.7. The number of ether oxygens (including phenoxy) is 1. The van der Waals surface area contributed by atoms with E-state index in [2.05, 4.69) is 10.2 Å².